The molecule has 9 heteroatoms. The Morgan fingerprint density at radius 2 is 1.71 bits per heavy atom. The smallest absolute Gasteiger partial charge is 0.267 e. The van der Waals surface area contributed by atoms with Gasteiger partial charge in [0.15, 0.2) is 0 Å². The van der Waals surface area contributed by atoms with Crippen molar-refractivity contribution in [2.45, 2.75) is 51.5 Å². The number of carbonyl (C=O) groups excluding carboxylic acids is 1. The fourth-order valence-corrected chi connectivity index (χ4v) is 5.96. The van der Waals surface area contributed by atoms with Crippen molar-refractivity contribution in [1.29, 1.82) is 0 Å². The molecule has 1 atom stereocenters. The van der Waals surface area contributed by atoms with Crippen molar-refractivity contribution in [2.75, 3.05) is 18.4 Å². The lowest BCUT2D eigenvalue weighted by molar-refractivity contribution is -0.119. The minimum Gasteiger partial charge on any atom is -0.324 e. The normalized spacial score (nSPS) is 15.2. The zero-order chi connectivity index (χ0) is 25.3. The van der Waals surface area contributed by atoms with Crippen LogP contribution in [0.25, 0.3) is 11.3 Å². The van der Waals surface area contributed by atoms with Gasteiger partial charge in [-0.1, -0.05) is 24.3 Å². The van der Waals surface area contributed by atoms with Gasteiger partial charge in [0.1, 0.15) is 6.04 Å². The first-order valence-corrected chi connectivity index (χ1v) is 13.1. The molecular formula is C26H30N4O4S. The van der Waals surface area contributed by atoms with Crippen LogP contribution in [-0.4, -0.2) is 41.5 Å². The molecule has 1 amide bonds. The number of benzene rings is 2. The highest BCUT2D eigenvalue weighted by molar-refractivity contribution is 7.89. The highest BCUT2D eigenvalue weighted by Gasteiger charge is 2.29. The van der Waals surface area contributed by atoms with Crippen molar-refractivity contribution in [1.82, 2.24) is 14.1 Å². The number of amides is 1. The molecule has 0 unspecified atom stereocenters. The van der Waals surface area contributed by atoms with E-state index >= 15 is 0 Å². The fraction of sp³-hybridized carbons (Fsp3) is 0.346. The second kappa shape index (κ2) is 9.75. The minimum absolute atomic E-state index is 0.233. The van der Waals surface area contributed by atoms with Crippen molar-refractivity contribution in [3.05, 3.63) is 75.6 Å². The monoisotopic (exact) mass is 494 g/mol. The largest absolute Gasteiger partial charge is 0.324 e. The maximum Gasteiger partial charge on any atom is 0.267 e. The van der Waals surface area contributed by atoms with Gasteiger partial charge in [0, 0.05) is 30.4 Å². The van der Waals surface area contributed by atoms with Crippen LogP contribution in [0.4, 0.5) is 5.69 Å². The van der Waals surface area contributed by atoms with Crippen LogP contribution in [-0.2, 0) is 14.8 Å². The molecule has 35 heavy (non-hydrogen) atoms. The van der Waals surface area contributed by atoms with E-state index in [1.165, 1.54) is 10.4 Å². The fourth-order valence-electron chi connectivity index (χ4n) is 4.20. The lowest BCUT2D eigenvalue weighted by Gasteiger charge is -2.18. The number of rotatable bonds is 6. The van der Waals surface area contributed by atoms with E-state index < -0.39 is 21.6 Å². The van der Waals surface area contributed by atoms with Crippen LogP contribution in [0.1, 0.15) is 42.5 Å². The first-order chi connectivity index (χ1) is 16.6. The Balaban J connectivity index is 1.66. The van der Waals surface area contributed by atoms with E-state index in [0.29, 0.717) is 35.6 Å². The van der Waals surface area contributed by atoms with Crippen molar-refractivity contribution in [2.24, 2.45) is 0 Å². The summed E-state index contributed by atoms with van der Waals surface area (Å²) in [6.45, 7) is 8.29. The van der Waals surface area contributed by atoms with Gasteiger partial charge in [0.2, 0.25) is 15.9 Å². The quantitative estimate of drug-likeness (QED) is 0.561. The third-order valence-electron chi connectivity index (χ3n) is 6.60. The molecule has 3 aromatic rings. The average molecular weight is 495 g/mol. The second-order valence-corrected chi connectivity index (χ2v) is 10.9. The summed E-state index contributed by atoms with van der Waals surface area (Å²) in [5.74, 6) is -0.369. The molecule has 1 N–H and O–H groups in total. The van der Waals surface area contributed by atoms with Crippen LogP contribution in [0, 0.1) is 20.8 Å². The first-order valence-electron chi connectivity index (χ1n) is 11.7. The number of nitrogens with one attached hydrogen (secondary N) is 1. The van der Waals surface area contributed by atoms with Gasteiger partial charge in [0.25, 0.3) is 5.56 Å². The number of aromatic nitrogens is 2. The molecule has 4 rings (SSSR count). The van der Waals surface area contributed by atoms with Gasteiger partial charge in [-0.3, -0.25) is 9.59 Å². The van der Waals surface area contributed by atoms with Crippen LogP contribution >= 0.6 is 0 Å². The zero-order valence-corrected chi connectivity index (χ0v) is 21.2. The van der Waals surface area contributed by atoms with E-state index in [9.17, 15) is 18.0 Å². The Morgan fingerprint density at radius 1 is 1.00 bits per heavy atom. The predicted octanol–water partition coefficient (Wildman–Crippen LogP) is 3.82. The van der Waals surface area contributed by atoms with Crippen molar-refractivity contribution < 1.29 is 13.2 Å². The Labute approximate surface area is 205 Å². The third-order valence-corrected chi connectivity index (χ3v) is 8.64. The first kappa shape index (κ1) is 24.8. The second-order valence-electron chi connectivity index (χ2n) is 9.01. The van der Waals surface area contributed by atoms with Crippen LogP contribution < -0.4 is 10.9 Å². The molecular weight excluding hydrogens is 464 g/mol. The number of anilines is 1. The molecule has 184 valence electrons. The molecule has 1 aromatic heterocycles. The van der Waals surface area contributed by atoms with E-state index in [1.54, 1.807) is 38.1 Å². The number of hydrogen-bond donors (Lipinski definition) is 1. The number of hydrogen-bond acceptors (Lipinski definition) is 5. The van der Waals surface area contributed by atoms with Gasteiger partial charge in [0.05, 0.1) is 10.6 Å². The lowest BCUT2D eigenvalue weighted by Crippen LogP contribution is -2.33. The molecule has 0 bridgehead atoms. The van der Waals surface area contributed by atoms with Gasteiger partial charge >= 0.3 is 0 Å². The van der Waals surface area contributed by atoms with Crippen molar-refractivity contribution in [3.8, 4) is 11.3 Å². The Hall–Kier alpha value is -3.30. The highest BCUT2D eigenvalue weighted by atomic mass is 32.2. The number of carbonyl (C=O) groups is 1. The molecule has 8 nitrogen and oxygen atoms in total. The standard InChI is InChI=1S/C26H30N4O4S/c1-17-8-7-9-22(19(17)3)27-26(32)20(4)30-25(31)13-12-23(28-30)21-11-10-18(2)24(16-21)35(33,34)29-14-5-6-15-29/h7-13,16,20H,5-6,14-15H2,1-4H3,(H,27,32)/t20-/m1/s1. The van der Waals surface area contributed by atoms with Gasteiger partial charge < -0.3 is 5.32 Å². The summed E-state index contributed by atoms with van der Waals surface area (Å²) in [4.78, 5) is 25.8. The van der Waals surface area contributed by atoms with Crippen molar-refractivity contribution in [3.63, 3.8) is 0 Å². The molecule has 0 saturated carbocycles. The predicted molar refractivity (Wildman–Crippen MR) is 136 cm³/mol. The van der Waals surface area contributed by atoms with Gasteiger partial charge in [-0.15, -0.1) is 0 Å². The summed E-state index contributed by atoms with van der Waals surface area (Å²) in [5.41, 5.74) is 3.88. The molecule has 0 aliphatic carbocycles. The van der Waals surface area contributed by atoms with E-state index in [0.717, 1.165) is 28.7 Å². The molecule has 0 radical (unpaired) electrons. The molecule has 0 spiro atoms. The average Bonchev–Trinajstić information content (AvgIpc) is 3.38. The van der Waals surface area contributed by atoms with E-state index in [4.69, 9.17) is 0 Å². The molecule has 1 aliphatic heterocycles. The van der Waals surface area contributed by atoms with Gasteiger partial charge in [-0.05, 0) is 75.4 Å². The molecule has 2 aromatic carbocycles. The molecule has 2 heterocycles. The van der Waals surface area contributed by atoms with Crippen LogP contribution in [0.15, 0.2) is 58.2 Å². The highest BCUT2D eigenvalue weighted by Crippen LogP contribution is 2.28. The molecule has 1 saturated heterocycles. The number of sulfonamides is 1. The van der Waals surface area contributed by atoms with Gasteiger partial charge in [-0.2, -0.15) is 9.40 Å². The summed E-state index contributed by atoms with van der Waals surface area (Å²) in [6.07, 6.45) is 1.71. The summed E-state index contributed by atoms with van der Waals surface area (Å²) < 4.78 is 29.0. The lowest BCUT2D eigenvalue weighted by atomic mass is 10.1. The van der Waals surface area contributed by atoms with Crippen molar-refractivity contribution >= 4 is 21.6 Å². The third kappa shape index (κ3) is 4.92. The van der Waals surface area contributed by atoms with E-state index in [2.05, 4.69) is 10.4 Å². The van der Waals surface area contributed by atoms with Crippen LogP contribution in [0.2, 0.25) is 0 Å². The van der Waals surface area contributed by atoms with Crippen LogP contribution in [0.3, 0.4) is 0 Å². The Bertz CT molecular complexity index is 1440. The maximum atomic E-state index is 13.2. The Kier molecular flexibility index (Phi) is 6.91. The van der Waals surface area contributed by atoms with E-state index in [1.807, 2.05) is 32.0 Å². The summed E-state index contributed by atoms with van der Waals surface area (Å²) in [7, 11) is -3.62. The summed E-state index contributed by atoms with van der Waals surface area (Å²) >= 11 is 0. The Morgan fingerprint density at radius 3 is 2.43 bits per heavy atom. The number of nitrogens with zero attached hydrogens (tertiary/aromatic N) is 3. The summed E-state index contributed by atoms with van der Waals surface area (Å²) in [5, 5.41) is 7.31. The zero-order valence-electron chi connectivity index (χ0n) is 20.4. The SMILES string of the molecule is Cc1ccc(-c2ccc(=O)n([C@H](C)C(=O)Nc3cccc(C)c3C)n2)cc1S(=O)(=O)N1CCCC1. The van der Waals surface area contributed by atoms with Crippen LogP contribution in [0.5, 0.6) is 0 Å². The maximum absolute atomic E-state index is 13.2. The van der Waals surface area contributed by atoms with Gasteiger partial charge in [-0.25, -0.2) is 13.1 Å². The topological polar surface area (TPSA) is 101 Å². The van der Waals surface area contributed by atoms with E-state index in [-0.39, 0.29) is 10.8 Å². The molecule has 1 fully saturated rings. The number of aryl methyl sites for hydroxylation is 2. The minimum atomic E-state index is -3.62. The molecule has 1 aliphatic rings. The summed E-state index contributed by atoms with van der Waals surface area (Å²) in [6, 6.07) is 12.8.